The molecule has 198 valence electrons. The van der Waals surface area contributed by atoms with Gasteiger partial charge in [-0.25, -0.2) is 4.68 Å². The lowest BCUT2D eigenvalue weighted by Gasteiger charge is -2.28. The summed E-state index contributed by atoms with van der Waals surface area (Å²) in [5.74, 6) is 0.500. The first kappa shape index (κ1) is 25.1. The molecular weight excluding hydrogens is 514 g/mol. The van der Waals surface area contributed by atoms with E-state index in [0.29, 0.717) is 27.6 Å². The van der Waals surface area contributed by atoms with Gasteiger partial charge in [-0.05, 0) is 68.5 Å². The van der Waals surface area contributed by atoms with E-state index in [9.17, 15) is 9.59 Å². The number of H-pyrrole nitrogens is 1. The second kappa shape index (κ2) is 9.50. The zero-order chi connectivity index (χ0) is 27.3. The van der Waals surface area contributed by atoms with Gasteiger partial charge in [0.1, 0.15) is 11.2 Å². The molecule has 1 amide bonds. The number of nitrogens with one attached hydrogen (secondary N) is 2. The van der Waals surface area contributed by atoms with Crippen molar-refractivity contribution in [2.45, 2.75) is 51.9 Å². The third-order valence-electron chi connectivity index (χ3n) is 7.79. The van der Waals surface area contributed by atoms with Gasteiger partial charge in [0, 0.05) is 11.1 Å². The lowest BCUT2D eigenvalue weighted by molar-refractivity contribution is -0.121. The van der Waals surface area contributed by atoms with Crippen LogP contribution in [0.1, 0.15) is 48.1 Å². The van der Waals surface area contributed by atoms with Gasteiger partial charge in [-0.15, -0.1) is 0 Å². The molecule has 0 unspecified atom stereocenters. The lowest BCUT2D eigenvalue weighted by Crippen LogP contribution is -2.38. The Morgan fingerprint density at radius 3 is 2.54 bits per heavy atom. The summed E-state index contributed by atoms with van der Waals surface area (Å²) in [5.41, 5.74) is 3.99. The van der Waals surface area contributed by atoms with Crippen LogP contribution in [0.5, 0.6) is 0 Å². The van der Waals surface area contributed by atoms with Crippen molar-refractivity contribution < 1.29 is 4.79 Å². The SMILES string of the molecule is Cc1cc(NC(=O)C2(c3ccc(Cl)cc3)CCCC2)n(-c2nc3c(cnn3-c3cccc(C)c3C)c(=O)[nH]2)n1. The first-order valence-corrected chi connectivity index (χ1v) is 13.3. The van der Waals surface area contributed by atoms with Crippen molar-refractivity contribution in [3.63, 3.8) is 0 Å². The number of rotatable bonds is 5. The van der Waals surface area contributed by atoms with Gasteiger partial charge in [0.15, 0.2) is 5.65 Å². The third-order valence-corrected chi connectivity index (χ3v) is 8.04. The Hall–Kier alpha value is -4.24. The van der Waals surface area contributed by atoms with E-state index >= 15 is 0 Å². The number of hydrogen-bond donors (Lipinski definition) is 2. The predicted molar refractivity (Wildman–Crippen MR) is 151 cm³/mol. The van der Waals surface area contributed by atoms with Gasteiger partial charge in [-0.1, -0.05) is 48.7 Å². The van der Waals surface area contributed by atoms with E-state index in [-0.39, 0.29) is 17.4 Å². The van der Waals surface area contributed by atoms with E-state index in [0.717, 1.165) is 48.1 Å². The standard InChI is InChI=1S/C29H28ClN7O2/c1-17-7-6-8-23(19(17)3)36-25-22(16-31-36)26(38)34-28(33-25)37-24(15-18(2)35-37)32-27(39)29(13-4-5-14-29)20-9-11-21(30)12-10-20/h6-12,15-16H,4-5,13-14H2,1-3H3,(H,32,39)(H,33,34,38). The van der Waals surface area contributed by atoms with Crippen LogP contribution in [-0.2, 0) is 10.2 Å². The minimum atomic E-state index is -0.667. The number of carbonyl (C=O) groups excluding carboxylic acids is 1. The zero-order valence-corrected chi connectivity index (χ0v) is 22.7. The molecule has 5 aromatic rings. The van der Waals surface area contributed by atoms with Crippen LogP contribution in [0, 0.1) is 20.8 Å². The van der Waals surface area contributed by atoms with Crippen LogP contribution in [0.25, 0.3) is 22.7 Å². The van der Waals surface area contributed by atoms with Crippen LogP contribution in [-0.4, -0.2) is 35.4 Å². The molecule has 0 radical (unpaired) electrons. The van der Waals surface area contributed by atoms with E-state index in [1.807, 2.05) is 63.2 Å². The molecule has 1 aliphatic carbocycles. The van der Waals surface area contributed by atoms with E-state index in [1.165, 1.54) is 10.9 Å². The fraction of sp³-hybridized carbons (Fsp3) is 0.276. The van der Waals surface area contributed by atoms with Crippen LogP contribution in [0.15, 0.2) is 59.5 Å². The lowest BCUT2D eigenvalue weighted by atomic mass is 9.78. The smallest absolute Gasteiger partial charge is 0.263 e. The van der Waals surface area contributed by atoms with E-state index in [1.54, 1.807) is 10.7 Å². The highest BCUT2D eigenvalue weighted by molar-refractivity contribution is 6.30. The maximum absolute atomic E-state index is 13.9. The van der Waals surface area contributed by atoms with Crippen molar-refractivity contribution in [3.8, 4) is 11.6 Å². The molecule has 9 nitrogen and oxygen atoms in total. The molecule has 2 N–H and O–H groups in total. The third kappa shape index (κ3) is 4.23. The van der Waals surface area contributed by atoms with E-state index in [4.69, 9.17) is 16.6 Å². The Morgan fingerprint density at radius 2 is 1.79 bits per heavy atom. The molecule has 0 saturated heterocycles. The average Bonchev–Trinajstić information content (AvgIpc) is 3.65. The van der Waals surface area contributed by atoms with Gasteiger partial charge >= 0.3 is 0 Å². The van der Waals surface area contributed by atoms with Gasteiger partial charge in [0.2, 0.25) is 11.9 Å². The monoisotopic (exact) mass is 541 g/mol. The predicted octanol–water partition coefficient (Wildman–Crippen LogP) is 5.32. The van der Waals surface area contributed by atoms with Crippen LogP contribution >= 0.6 is 11.6 Å². The Kier molecular flexibility index (Phi) is 6.10. The molecule has 0 spiro atoms. The first-order valence-electron chi connectivity index (χ1n) is 13.0. The summed E-state index contributed by atoms with van der Waals surface area (Å²) in [4.78, 5) is 34.5. The number of hydrogen-bond acceptors (Lipinski definition) is 5. The highest BCUT2D eigenvalue weighted by atomic mass is 35.5. The topological polar surface area (TPSA) is 110 Å². The minimum absolute atomic E-state index is 0.118. The number of carbonyl (C=O) groups is 1. The molecule has 2 aromatic carbocycles. The number of aryl methyl sites for hydroxylation is 2. The normalized spacial score (nSPS) is 14.7. The maximum Gasteiger partial charge on any atom is 0.263 e. The number of aromatic amines is 1. The molecule has 3 heterocycles. The summed E-state index contributed by atoms with van der Waals surface area (Å²) in [6.07, 6.45) is 4.91. The average molecular weight is 542 g/mol. The number of fused-ring (bicyclic) bond motifs is 1. The summed E-state index contributed by atoms with van der Waals surface area (Å²) in [7, 11) is 0. The minimum Gasteiger partial charge on any atom is -0.310 e. The summed E-state index contributed by atoms with van der Waals surface area (Å²) in [6, 6.07) is 15.2. The van der Waals surface area contributed by atoms with Gasteiger partial charge < -0.3 is 5.32 Å². The van der Waals surface area contributed by atoms with Crippen molar-refractivity contribution in [1.82, 2.24) is 29.5 Å². The first-order chi connectivity index (χ1) is 18.8. The molecule has 1 aliphatic rings. The fourth-order valence-electron chi connectivity index (χ4n) is 5.53. The van der Waals surface area contributed by atoms with Crippen molar-refractivity contribution in [3.05, 3.63) is 92.5 Å². The van der Waals surface area contributed by atoms with Crippen molar-refractivity contribution in [1.29, 1.82) is 0 Å². The second-order valence-electron chi connectivity index (χ2n) is 10.2. The van der Waals surface area contributed by atoms with Gasteiger partial charge in [0.05, 0.1) is 23.0 Å². The molecule has 3 aromatic heterocycles. The molecular formula is C29H28ClN7O2. The number of halogens is 1. The van der Waals surface area contributed by atoms with Crippen molar-refractivity contribution in [2.24, 2.45) is 0 Å². The van der Waals surface area contributed by atoms with E-state index < -0.39 is 5.41 Å². The van der Waals surface area contributed by atoms with Crippen molar-refractivity contribution >= 4 is 34.4 Å². The zero-order valence-electron chi connectivity index (χ0n) is 22.0. The number of aromatic nitrogens is 6. The van der Waals surface area contributed by atoms with Crippen LogP contribution < -0.4 is 10.9 Å². The number of benzene rings is 2. The van der Waals surface area contributed by atoms with Crippen LogP contribution in [0.2, 0.25) is 5.02 Å². The number of nitrogens with zero attached hydrogens (tertiary/aromatic N) is 5. The van der Waals surface area contributed by atoms with Gasteiger partial charge in [0.25, 0.3) is 5.56 Å². The maximum atomic E-state index is 13.9. The molecule has 0 aliphatic heterocycles. The number of amides is 1. The molecule has 39 heavy (non-hydrogen) atoms. The second-order valence-corrected chi connectivity index (χ2v) is 10.7. The number of anilines is 1. The van der Waals surface area contributed by atoms with E-state index in [2.05, 4.69) is 20.5 Å². The highest BCUT2D eigenvalue weighted by Crippen LogP contribution is 2.42. The fourth-order valence-corrected chi connectivity index (χ4v) is 5.65. The Labute approximate surface area is 229 Å². The molecule has 10 heteroatoms. The molecule has 0 atom stereocenters. The summed E-state index contributed by atoms with van der Waals surface area (Å²) in [6.45, 7) is 5.86. The Bertz CT molecular complexity index is 1780. The quantitative estimate of drug-likeness (QED) is 0.313. The molecule has 6 rings (SSSR count). The van der Waals surface area contributed by atoms with Crippen LogP contribution in [0.4, 0.5) is 5.82 Å². The Balaban J connectivity index is 1.42. The Morgan fingerprint density at radius 1 is 1.05 bits per heavy atom. The highest BCUT2D eigenvalue weighted by Gasteiger charge is 2.43. The van der Waals surface area contributed by atoms with Crippen LogP contribution in [0.3, 0.4) is 0 Å². The molecule has 0 bridgehead atoms. The molecule has 1 saturated carbocycles. The summed E-state index contributed by atoms with van der Waals surface area (Å²) < 4.78 is 3.14. The summed E-state index contributed by atoms with van der Waals surface area (Å²) >= 11 is 6.12. The van der Waals surface area contributed by atoms with Crippen molar-refractivity contribution in [2.75, 3.05) is 5.32 Å². The van der Waals surface area contributed by atoms with Gasteiger partial charge in [-0.2, -0.15) is 19.9 Å². The van der Waals surface area contributed by atoms with Gasteiger partial charge in [-0.3, -0.25) is 14.6 Å². The largest absolute Gasteiger partial charge is 0.310 e. The molecule has 1 fully saturated rings. The summed E-state index contributed by atoms with van der Waals surface area (Å²) in [5, 5.41) is 13.1.